The fourth-order valence-electron chi connectivity index (χ4n) is 1.13. The second-order valence-electron chi connectivity index (χ2n) is 2.63. The van der Waals surface area contributed by atoms with Gasteiger partial charge in [-0.15, -0.1) is 0 Å². The number of amides is 3. The molecule has 0 saturated carbocycles. The van der Waals surface area contributed by atoms with Gasteiger partial charge in [-0.25, -0.2) is 9.79 Å². The maximum Gasteiger partial charge on any atom is 0.350 e. The van der Waals surface area contributed by atoms with Gasteiger partial charge >= 0.3 is 6.03 Å². The SMILES string of the molecule is CCC1=NC(=O)N(CC)C(=O)C1. The number of carbonyl (C=O) groups is 2. The van der Waals surface area contributed by atoms with Gasteiger partial charge in [0.25, 0.3) is 0 Å². The van der Waals surface area contributed by atoms with E-state index in [9.17, 15) is 9.59 Å². The van der Waals surface area contributed by atoms with Gasteiger partial charge in [0.1, 0.15) is 0 Å². The van der Waals surface area contributed by atoms with E-state index in [1.165, 1.54) is 4.90 Å². The van der Waals surface area contributed by atoms with Crippen LogP contribution in [0.4, 0.5) is 4.79 Å². The van der Waals surface area contributed by atoms with Crippen molar-refractivity contribution in [1.29, 1.82) is 0 Å². The predicted molar refractivity (Wildman–Crippen MR) is 45.1 cm³/mol. The van der Waals surface area contributed by atoms with Crippen molar-refractivity contribution in [2.24, 2.45) is 4.99 Å². The zero-order chi connectivity index (χ0) is 9.14. The van der Waals surface area contributed by atoms with Crippen LogP contribution < -0.4 is 0 Å². The van der Waals surface area contributed by atoms with Crippen molar-refractivity contribution in [2.45, 2.75) is 26.7 Å². The van der Waals surface area contributed by atoms with Crippen LogP contribution in [0.3, 0.4) is 0 Å². The van der Waals surface area contributed by atoms with Gasteiger partial charge in [0.15, 0.2) is 0 Å². The third kappa shape index (κ3) is 1.52. The first-order chi connectivity index (χ1) is 5.69. The number of hydrogen-bond donors (Lipinski definition) is 0. The molecule has 66 valence electrons. The Balaban J connectivity index is 2.83. The summed E-state index contributed by atoms with van der Waals surface area (Å²) in [5.74, 6) is -0.130. The Kier molecular flexibility index (Phi) is 2.58. The van der Waals surface area contributed by atoms with Gasteiger partial charge in [0, 0.05) is 12.3 Å². The summed E-state index contributed by atoms with van der Waals surface area (Å²) in [5.41, 5.74) is 0.690. The molecule has 0 aromatic carbocycles. The number of urea groups is 1. The van der Waals surface area contributed by atoms with Crippen molar-refractivity contribution in [3.05, 3.63) is 0 Å². The van der Waals surface area contributed by atoms with Crippen LogP contribution in [0.1, 0.15) is 26.7 Å². The molecule has 0 fully saturated rings. The summed E-state index contributed by atoms with van der Waals surface area (Å²) in [4.78, 5) is 27.3. The fourth-order valence-corrected chi connectivity index (χ4v) is 1.13. The Morgan fingerprint density at radius 3 is 2.50 bits per heavy atom. The van der Waals surface area contributed by atoms with Crippen LogP contribution in [0.25, 0.3) is 0 Å². The monoisotopic (exact) mass is 168 g/mol. The van der Waals surface area contributed by atoms with Crippen LogP contribution in [-0.4, -0.2) is 29.1 Å². The quantitative estimate of drug-likeness (QED) is 0.622. The van der Waals surface area contributed by atoms with Crippen LogP contribution in [-0.2, 0) is 4.79 Å². The van der Waals surface area contributed by atoms with E-state index in [0.29, 0.717) is 25.1 Å². The van der Waals surface area contributed by atoms with Gasteiger partial charge in [0.05, 0.1) is 6.42 Å². The number of aliphatic imine (C=N–C) groups is 1. The fraction of sp³-hybridized carbons (Fsp3) is 0.625. The predicted octanol–water partition coefficient (Wildman–Crippen LogP) is 1.21. The Bertz CT molecular complexity index is 245. The molecule has 12 heavy (non-hydrogen) atoms. The second-order valence-corrected chi connectivity index (χ2v) is 2.63. The smallest absolute Gasteiger partial charge is 0.274 e. The van der Waals surface area contributed by atoms with E-state index in [-0.39, 0.29) is 5.91 Å². The van der Waals surface area contributed by atoms with Gasteiger partial charge < -0.3 is 0 Å². The minimum absolute atomic E-state index is 0.130. The number of carbonyl (C=O) groups excluding carboxylic acids is 2. The number of imide groups is 1. The first-order valence-corrected chi connectivity index (χ1v) is 4.09. The van der Waals surface area contributed by atoms with Crippen LogP contribution in [0, 0.1) is 0 Å². The summed E-state index contributed by atoms with van der Waals surface area (Å²) in [6.07, 6.45) is 0.977. The Hall–Kier alpha value is -1.19. The van der Waals surface area contributed by atoms with E-state index in [4.69, 9.17) is 0 Å². The lowest BCUT2D eigenvalue weighted by molar-refractivity contribution is -0.127. The van der Waals surface area contributed by atoms with Crippen molar-refractivity contribution in [1.82, 2.24) is 4.90 Å². The minimum Gasteiger partial charge on any atom is -0.274 e. The molecule has 0 saturated heterocycles. The number of rotatable bonds is 2. The zero-order valence-electron chi connectivity index (χ0n) is 7.33. The Labute approximate surface area is 71.3 Å². The van der Waals surface area contributed by atoms with Crippen molar-refractivity contribution in [3.8, 4) is 0 Å². The van der Waals surface area contributed by atoms with Gasteiger partial charge in [-0.2, -0.15) is 0 Å². The molecule has 1 aliphatic rings. The van der Waals surface area contributed by atoms with Crippen molar-refractivity contribution < 1.29 is 9.59 Å². The van der Waals surface area contributed by atoms with E-state index in [1.807, 2.05) is 6.92 Å². The highest BCUT2D eigenvalue weighted by atomic mass is 16.2. The molecule has 0 radical (unpaired) electrons. The van der Waals surface area contributed by atoms with Crippen molar-refractivity contribution >= 4 is 17.6 Å². The third-order valence-electron chi connectivity index (χ3n) is 1.87. The van der Waals surface area contributed by atoms with Crippen LogP contribution >= 0.6 is 0 Å². The van der Waals surface area contributed by atoms with Crippen LogP contribution in [0.2, 0.25) is 0 Å². The highest BCUT2D eigenvalue weighted by Gasteiger charge is 2.25. The molecule has 0 unspecified atom stereocenters. The van der Waals surface area contributed by atoms with E-state index >= 15 is 0 Å². The van der Waals surface area contributed by atoms with E-state index in [0.717, 1.165) is 0 Å². The topological polar surface area (TPSA) is 49.7 Å². The molecule has 0 bridgehead atoms. The highest BCUT2D eigenvalue weighted by molar-refractivity contribution is 6.14. The average molecular weight is 168 g/mol. The van der Waals surface area contributed by atoms with Crippen LogP contribution in [0.5, 0.6) is 0 Å². The maximum atomic E-state index is 11.2. The highest BCUT2D eigenvalue weighted by Crippen LogP contribution is 2.08. The van der Waals surface area contributed by atoms with Crippen molar-refractivity contribution in [3.63, 3.8) is 0 Å². The van der Waals surface area contributed by atoms with Gasteiger partial charge in [-0.05, 0) is 13.3 Å². The minimum atomic E-state index is -0.411. The van der Waals surface area contributed by atoms with E-state index in [2.05, 4.69) is 4.99 Å². The van der Waals surface area contributed by atoms with Crippen LogP contribution in [0.15, 0.2) is 4.99 Å². The Morgan fingerprint density at radius 1 is 1.42 bits per heavy atom. The molecule has 0 aliphatic carbocycles. The summed E-state index contributed by atoms with van der Waals surface area (Å²) in [6.45, 7) is 4.07. The molecular formula is C8H12N2O2. The second kappa shape index (κ2) is 3.47. The number of hydrogen-bond acceptors (Lipinski definition) is 2. The van der Waals surface area contributed by atoms with Gasteiger partial charge in [-0.1, -0.05) is 6.92 Å². The maximum absolute atomic E-state index is 11.2. The first kappa shape index (κ1) is 8.90. The molecular weight excluding hydrogens is 156 g/mol. The molecule has 0 N–H and O–H groups in total. The largest absolute Gasteiger partial charge is 0.350 e. The first-order valence-electron chi connectivity index (χ1n) is 4.09. The lowest BCUT2D eigenvalue weighted by Crippen LogP contribution is -2.39. The zero-order valence-corrected chi connectivity index (χ0v) is 7.33. The average Bonchev–Trinajstić information content (AvgIpc) is 2.03. The van der Waals surface area contributed by atoms with E-state index < -0.39 is 6.03 Å². The molecule has 0 spiro atoms. The third-order valence-corrected chi connectivity index (χ3v) is 1.87. The lowest BCUT2D eigenvalue weighted by Gasteiger charge is -2.21. The molecule has 1 heterocycles. The Morgan fingerprint density at radius 2 is 2.08 bits per heavy atom. The van der Waals surface area contributed by atoms with E-state index in [1.54, 1.807) is 6.92 Å². The normalized spacial score (nSPS) is 18.2. The summed E-state index contributed by atoms with van der Waals surface area (Å²) >= 11 is 0. The summed E-state index contributed by atoms with van der Waals surface area (Å²) in [7, 11) is 0. The lowest BCUT2D eigenvalue weighted by atomic mass is 10.1. The molecule has 3 amide bonds. The van der Waals surface area contributed by atoms with Gasteiger partial charge in [0.2, 0.25) is 5.91 Å². The van der Waals surface area contributed by atoms with Crippen molar-refractivity contribution in [2.75, 3.05) is 6.54 Å². The molecule has 4 heteroatoms. The molecule has 4 nitrogen and oxygen atoms in total. The summed E-state index contributed by atoms with van der Waals surface area (Å²) < 4.78 is 0. The summed E-state index contributed by atoms with van der Waals surface area (Å²) in [5, 5.41) is 0. The number of nitrogens with zero attached hydrogens (tertiary/aromatic N) is 2. The molecule has 1 aliphatic heterocycles. The van der Waals surface area contributed by atoms with Gasteiger partial charge in [-0.3, -0.25) is 9.69 Å². The molecule has 0 aromatic rings. The summed E-state index contributed by atoms with van der Waals surface area (Å²) in [6, 6.07) is -0.411. The molecule has 1 rings (SSSR count). The molecule has 0 atom stereocenters. The molecule has 0 aromatic heterocycles. The standard InChI is InChI=1S/C8H12N2O2/c1-3-6-5-7(11)10(4-2)8(12)9-6/h3-5H2,1-2H3.